The number of aliphatic carboxylic acids is 1. The molecule has 2 aliphatic rings. The van der Waals surface area contributed by atoms with E-state index in [-0.39, 0.29) is 12.5 Å². The number of ether oxygens (including phenoxy) is 1. The largest absolute Gasteiger partial charge is 0.481 e. The van der Waals surface area contributed by atoms with Crippen LogP contribution in [0.25, 0.3) is 11.1 Å². The van der Waals surface area contributed by atoms with Gasteiger partial charge in [-0.15, -0.1) is 11.3 Å². The van der Waals surface area contributed by atoms with E-state index in [1.54, 1.807) is 6.07 Å². The van der Waals surface area contributed by atoms with Crippen LogP contribution in [0.2, 0.25) is 4.34 Å². The Kier molecular flexibility index (Phi) is 4.99. The van der Waals surface area contributed by atoms with E-state index in [9.17, 15) is 14.7 Å². The number of halogens is 1. The van der Waals surface area contributed by atoms with Gasteiger partial charge in [-0.3, -0.25) is 4.79 Å². The predicted molar refractivity (Wildman–Crippen MR) is 120 cm³/mol. The van der Waals surface area contributed by atoms with Gasteiger partial charge in [-0.25, -0.2) is 4.79 Å². The van der Waals surface area contributed by atoms with Crippen LogP contribution in [0, 0.1) is 5.92 Å². The smallest absolute Gasteiger partial charge is 0.407 e. The molecule has 2 aliphatic carbocycles. The third kappa shape index (κ3) is 3.50. The molecule has 0 atom stereocenters. The van der Waals surface area contributed by atoms with E-state index in [1.165, 1.54) is 22.5 Å². The second-order valence-corrected chi connectivity index (χ2v) is 9.79. The molecule has 3 aromatic rings. The average Bonchev–Trinajstić information content (AvgIpc) is 3.30. The van der Waals surface area contributed by atoms with Crippen LogP contribution < -0.4 is 5.32 Å². The zero-order valence-electron chi connectivity index (χ0n) is 16.5. The highest BCUT2D eigenvalue weighted by Crippen LogP contribution is 2.49. The summed E-state index contributed by atoms with van der Waals surface area (Å²) in [5, 5.41) is 12.3. The van der Waals surface area contributed by atoms with Gasteiger partial charge in [0.05, 0.1) is 15.8 Å². The highest BCUT2D eigenvalue weighted by Gasteiger charge is 2.51. The van der Waals surface area contributed by atoms with E-state index in [0.29, 0.717) is 17.2 Å². The molecule has 5 nitrogen and oxygen atoms in total. The Morgan fingerprint density at radius 2 is 1.65 bits per heavy atom. The van der Waals surface area contributed by atoms with Crippen molar-refractivity contribution in [3.8, 4) is 11.1 Å². The van der Waals surface area contributed by atoms with E-state index in [1.807, 2.05) is 30.3 Å². The quantitative estimate of drug-likeness (QED) is 0.525. The lowest BCUT2D eigenvalue weighted by Gasteiger charge is -2.45. The number of thiophene rings is 1. The Bertz CT molecular complexity index is 1120. The molecule has 31 heavy (non-hydrogen) atoms. The first kappa shape index (κ1) is 20.1. The molecule has 2 N–H and O–H groups in total. The number of carboxylic acids is 1. The van der Waals surface area contributed by atoms with Crippen LogP contribution in [0.5, 0.6) is 0 Å². The molecular weight excluding hydrogens is 434 g/mol. The monoisotopic (exact) mass is 453 g/mol. The maximum atomic E-state index is 12.8. The number of carbonyl (C=O) groups is 2. The van der Waals surface area contributed by atoms with E-state index < -0.39 is 23.5 Å². The Hall–Kier alpha value is -2.83. The van der Waals surface area contributed by atoms with Crippen LogP contribution in [-0.2, 0) is 15.1 Å². The summed E-state index contributed by atoms with van der Waals surface area (Å²) in [4.78, 5) is 25.0. The van der Waals surface area contributed by atoms with Crippen molar-refractivity contribution in [3.05, 3.63) is 81.0 Å². The van der Waals surface area contributed by atoms with Gasteiger partial charge in [0.1, 0.15) is 6.61 Å². The van der Waals surface area contributed by atoms with Gasteiger partial charge in [-0.1, -0.05) is 60.1 Å². The number of alkyl carbamates (subject to hydrolysis) is 1. The first-order valence-corrected chi connectivity index (χ1v) is 11.3. The molecule has 5 rings (SSSR count). The first-order valence-electron chi connectivity index (χ1n) is 10.1. The van der Waals surface area contributed by atoms with Crippen molar-refractivity contribution < 1.29 is 19.4 Å². The van der Waals surface area contributed by atoms with Crippen molar-refractivity contribution in [1.29, 1.82) is 0 Å². The fourth-order valence-electron chi connectivity index (χ4n) is 4.72. The molecule has 1 fully saturated rings. The number of nitrogens with one attached hydrogen (secondary N) is 1. The highest BCUT2D eigenvalue weighted by molar-refractivity contribution is 7.16. The maximum absolute atomic E-state index is 12.8. The molecule has 0 aliphatic heterocycles. The van der Waals surface area contributed by atoms with Crippen molar-refractivity contribution in [2.45, 2.75) is 24.3 Å². The molecule has 1 heterocycles. The lowest BCUT2D eigenvalue weighted by Crippen LogP contribution is -2.56. The van der Waals surface area contributed by atoms with Crippen LogP contribution in [-0.4, -0.2) is 23.8 Å². The summed E-state index contributed by atoms with van der Waals surface area (Å²) in [5.41, 5.74) is 3.88. The molecule has 7 heteroatoms. The fraction of sp³-hybridized carbons (Fsp3) is 0.250. The highest BCUT2D eigenvalue weighted by atomic mass is 35.5. The lowest BCUT2D eigenvalue weighted by atomic mass is 9.67. The predicted octanol–water partition coefficient (Wildman–Crippen LogP) is 5.63. The van der Waals surface area contributed by atoms with Crippen molar-refractivity contribution in [1.82, 2.24) is 5.32 Å². The molecule has 0 spiro atoms. The van der Waals surface area contributed by atoms with Crippen LogP contribution in [0.1, 0.15) is 34.8 Å². The normalized spacial score (nSPS) is 21.6. The molecule has 0 bridgehead atoms. The summed E-state index contributed by atoms with van der Waals surface area (Å²) in [6, 6.07) is 19.9. The summed E-state index contributed by atoms with van der Waals surface area (Å²) in [7, 11) is 0. The number of hydrogen-bond donors (Lipinski definition) is 2. The topological polar surface area (TPSA) is 75.6 Å². The minimum Gasteiger partial charge on any atom is -0.481 e. The Labute approximate surface area is 188 Å². The lowest BCUT2D eigenvalue weighted by molar-refractivity contribution is -0.148. The van der Waals surface area contributed by atoms with Crippen LogP contribution in [0.15, 0.2) is 60.7 Å². The van der Waals surface area contributed by atoms with Crippen molar-refractivity contribution in [2.75, 3.05) is 6.61 Å². The Balaban J connectivity index is 1.32. The molecule has 1 aromatic heterocycles. The van der Waals surface area contributed by atoms with Gasteiger partial charge in [-0.05, 0) is 47.2 Å². The number of hydrogen-bond acceptors (Lipinski definition) is 4. The summed E-state index contributed by atoms with van der Waals surface area (Å²) in [6.07, 6.45) is 0.0995. The molecule has 1 amide bonds. The van der Waals surface area contributed by atoms with Crippen LogP contribution >= 0.6 is 22.9 Å². The zero-order valence-corrected chi connectivity index (χ0v) is 18.1. The first-order chi connectivity index (χ1) is 15.0. The molecular formula is C24H20ClNO4S. The van der Waals surface area contributed by atoms with E-state index >= 15 is 0 Å². The van der Waals surface area contributed by atoms with E-state index in [0.717, 1.165) is 16.0 Å². The van der Waals surface area contributed by atoms with Crippen LogP contribution in [0.4, 0.5) is 4.79 Å². The van der Waals surface area contributed by atoms with Gasteiger partial charge in [0.15, 0.2) is 0 Å². The summed E-state index contributed by atoms with van der Waals surface area (Å²) >= 11 is 7.44. The van der Waals surface area contributed by atoms with Gasteiger partial charge in [0.25, 0.3) is 0 Å². The molecule has 2 aromatic carbocycles. The molecule has 0 radical (unpaired) electrons. The minimum atomic E-state index is -0.854. The fourth-order valence-corrected chi connectivity index (χ4v) is 5.93. The van der Waals surface area contributed by atoms with Gasteiger partial charge >= 0.3 is 12.1 Å². The molecule has 0 saturated heterocycles. The van der Waals surface area contributed by atoms with Gasteiger partial charge in [0.2, 0.25) is 0 Å². The van der Waals surface area contributed by atoms with Crippen molar-refractivity contribution in [3.63, 3.8) is 0 Å². The summed E-state index contributed by atoms with van der Waals surface area (Å²) in [6.45, 7) is 0.212. The standard InChI is InChI=1S/C24H20ClNO4S/c25-21-10-9-20(31-21)24(11-14(12-24)22(27)28)26-23(29)30-13-19-17-7-3-1-5-15(17)16-6-2-4-8-18(16)19/h1-10,14,19H,11-13H2,(H,26,29)(H,27,28). The van der Waals surface area contributed by atoms with Gasteiger partial charge < -0.3 is 15.2 Å². The molecule has 0 unspecified atom stereocenters. The number of amides is 1. The van der Waals surface area contributed by atoms with Crippen molar-refractivity contribution >= 4 is 35.0 Å². The molecule has 1 saturated carbocycles. The van der Waals surface area contributed by atoms with Crippen molar-refractivity contribution in [2.24, 2.45) is 5.92 Å². The summed E-state index contributed by atoms with van der Waals surface area (Å²) in [5.74, 6) is -1.37. The Morgan fingerprint density at radius 1 is 1.03 bits per heavy atom. The second kappa shape index (κ2) is 7.70. The van der Waals surface area contributed by atoms with Crippen LogP contribution in [0.3, 0.4) is 0 Å². The summed E-state index contributed by atoms with van der Waals surface area (Å²) < 4.78 is 6.27. The average molecular weight is 454 g/mol. The third-order valence-electron chi connectivity index (χ3n) is 6.27. The zero-order chi connectivity index (χ0) is 21.6. The van der Waals surface area contributed by atoms with Gasteiger partial charge in [0, 0.05) is 10.8 Å². The third-order valence-corrected chi connectivity index (χ3v) is 7.70. The second-order valence-electron chi connectivity index (χ2n) is 8.08. The van der Waals surface area contributed by atoms with E-state index in [2.05, 4.69) is 29.6 Å². The number of fused-ring (bicyclic) bond motifs is 3. The number of rotatable bonds is 5. The van der Waals surface area contributed by atoms with Gasteiger partial charge in [-0.2, -0.15) is 0 Å². The van der Waals surface area contributed by atoms with E-state index in [4.69, 9.17) is 16.3 Å². The maximum Gasteiger partial charge on any atom is 0.407 e. The SMILES string of the molecule is O=C(NC1(c2ccc(Cl)s2)CC(C(=O)O)C1)OCC1c2ccccc2-c2ccccc21. The molecule has 158 valence electrons. The number of benzene rings is 2. The Morgan fingerprint density at radius 3 is 2.19 bits per heavy atom. The minimum absolute atomic E-state index is 0.0292. The number of carbonyl (C=O) groups excluding carboxylic acids is 1. The number of carboxylic acid groups (broad SMARTS) is 1.